The molecule has 0 aliphatic carbocycles. The van der Waals surface area contributed by atoms with Crippen LogP contribution in [-0.4, -0.2) is 48.5 Å². The van der Waals surface area contributed by atoms with Crippen LogP contribution in [0.25, 0.3) is 0 Å². The summed E-state index contributed by atoms with van der Waals surface area (Å²) in [4.78, 5) is 27.8. The minimum absolute atomic E-state index is 0.0407. The molecule has 126 valence electrons. The van der Waals surface area contributed by atoms with Crippen molar-refractivity contribution in [1.29, 1.82) is 0 Å². The molecule has 1 atom stereocenters. The lowest BCUT2D eigenvalue weighted by molar-refractivity contribution is -0.136. The smallest absolute Gasteiger partial charge is 0.409 e. The number of rotatable bonds is 4. The number of ether oxygens (including phenoxy) is 1. The topological polar surface area (TPSA) is 49.9 Å². The van der Waals surface area contributed by atoms with Gasteiger partial charge >= 0.3 is 6.09 Å². The van der Waals surface area contributed by atoms with Gasteiger partial charge in [0, 0.05) is 31.7 Å². The molecule has 1 saturated heterocycles. The van der Waals surface area contributed by atoms with E-state index >= 15 is 0 Å². The Morgan fingerprint density at radius 3 is 2.83 bits per heavy atom. The third kappa shape index (κ3) is 4.61. The highest BCUT2D eigenvalue weighted by Gasteiger charge is 2.30. The molecular formula is C17H23ClN2O3. The van der Waals surface area contributed by atoms with Gasteiger partial charge in [-0.25, -0.2) is 4.79 Å². The first-order chi connectivity index (χ1) is 11.0. The van der Waals surface area contributed by atoms with Crippen LogP contribution in [0, 0.1) is 5.92 Å². The molecule has 23 heavy (non-hydrogen) atoms. The number of halogens is 1. The lowest BCUT2D eigenvalue weighted by Crippen LogP contribution is -2.45. The summed E-state index contributed by atoms with van der Waals surface area (Å²) in [6, 6.07) is 7.50. The van der Waals surface area contributed by atoms with Gasteiger partial charge in [0.05, 0.1) is 12.5 Å². The van der Waals surface area contributed by atoms with Crippen LogP contribution in [0.5, 0.6) is 0 Å². The summed E-state index contributed by atoms with van der Waals surface area (Å²) in [7, 11) is 1.77. The molecule has 1 unspecified atom stereocenters. The zero-order valence-corrected chi connectivity index (χ0v) is 14.4. The number of benzene rings is 1. The summed E-state index contributed by atoms with van der Waals surface area (Å²) in [5.74, 6) is -0.139. The largest absolute Gasteiger partial charge is 0.450 e. The van der Waals surface area contributed by atoms with Crippen LogP contribution >= 0.6 is 11.6 Å². The first-order valence-electron chi connectivity index (χ1n) is 7.93. The molecule has 0 saturated carbocycles. The Morgan fingerprint density at radius 1 is 1.39 bits per heavy atom. The fraction of sp³-hybridized carbons (Fsp3) is 0.529. The van der Waals surface area contributed by atoms with Gasteiger partial charge in [-0.05, 0) is 31.4 Å². The van der Waals surface area contributed by atoms with E-state index in [0.29, 0.717) is 31.3 Å². The van der Waals surface area contributed by atoms with Gasteiger partial charge in [-0.15, -0.1) is 0 Å². The monoisotopic (exact) mass is 338 g/mol. The minimum Gasteiger partial charge on any atom is -0.450 e. The predicted octanol–water partition coefficient (Wildman–Crippen LogP) is 3.17. The lowest BCUT2D eigenvalue weighted by Gasteiger charge is -2.33. The second-order valence-electron chi connectivity index (χ2n) is 5.77. The van der Waals surface area contributed by atoms with Crippen LogP contribution in [0.4, 0.5) is 4.79 Å². The van der Waals surface area contributed by atoms with Gasteiger partial charge in [-0.3, -0.25) is 4.79 Å². The molecule has 0 bridgehead atoms. The Bertz CT molecular complexity index is 565. The normalized spacial score (nSPS) is 17.7. The highest BCUT2D eigenvalue weighted by atomic mass is 35.5. The zero-order chi connectivity index (χ0) is 16.8. The second kappa shape index (κ2) is 8.20. The molecule has 0 aromatic heterocycles. The first kappa shape index (κ1) is 17.6. The molecule has 5 nitrogen and oxygen atoms in total. The summed E-state index contributed by atoms with van der Waals surface area (Å²) in [6.07, 6.45) is 1.27. The van der Waals surface area contributed by atoms with E-state index in [-0.39, 0.29) is 17.9 Å². The van der Waals surface area contributed by atoms with Gasteiger partial charge in [0.25, 0.3) is 0 Å². The van der Waals surface area contributed by atoms with Crippen molar-refractivity contribution in [1.82, 2.24) is 9.80 Å². The van der Waals surface area contributed by atoms with Crippen molar-refractivity contribution in [3.05, 3.63) is 34.9 Å². The van der Waals surface area contributed by atoms with E-state index in [2.05, 4.69) is 0 Å². The Balaban J connectivity index is 1.96. The van der Waals surface area contributed by atoms with Crippen molar-refractivity contribution in [2.75, 3.05) is 26.7 Å². The van der Waals surface area contributed by atoms with Crippen LogP contribution in [-0.2, 0) is 16.1 Å². The quantitative estimate of drug-likeness (QED) is 0.847. The summed E-state index contributed by atoms with van der Waals surface area (Å²) >= 11 is 6.15. The van der Waals surface area contributed by atoms with Crippen LogP contribution in [0.15, 0.2) is 24.3 Å². The van der Waals surface area contributed by atoms with Crippen molar-refractivity contribution in [3.63, 3.8) is 0 Å². The number of nitrogens with zero attached hydrogens (tertiary/aromatic N) is 2. The van der Waals surface area contributed by atoms with Crippen molar-refractivity contribution < 1.29 is 14.3 Å². The molecule has 1 fully saturated rings. The number of piperidine rings is 1. The van der Waals surface area contributed by atoms with Crippen molar-refractivity contribution >= 4 is 23.6 Å². The van der Waals surface area contributed by atoms with Crippen LogP contribution < -0.4 is 0 Å². The molecule has 6 heteroatoms. The Labute approximate surface area is 142 Å². The predicted molar refractivity (Wildman–Crippen MR) is 89.2 cm³/mol. The fourth-order valence-electron chi connectivity index (χ4n) is 2.83. The van der Waals surface area contributed by atoms with Crippen molar-refractivity contribution in [2.45, 2.75) is 26.3 Å². The number of amides is 2. The maximum atomic E-state index is 12.6. The van der Waals surface area contributed by atoms with Gasteiger partial charge in [0.1, 0.15) is 0 Å². The van der Waals surface area contributed by atoms with E-state index in [4.69, 9.17) is 16.3 Å². The molecule has 1 heterocycles. The number of likely N-dealkylation sites (tertiary alicyclic amines) is 1. The molecule has 2 amide bonds. The van der Waals surface area contributed by atoms with Gasteiger partial charge in [-0.1, -0.05) is 29.8 Å². The minimum atomic E-state index is -0.334. The molecule has 0 spiro atoms. The molecule has 1 aromatic rings. The molecule has 0 radical (unpaired) electrons. The van der Waals surface area contributed by atoms with E-state index in [9.17, 15) is 9.59 Å². The first-order valence-corrected chi connectivity index (χ1v) is 8.30. The van der Waals surface area contributed by atoms with E-state index in [1.165, 1.54) is 0 Å². The summed E-state index contributed by atoms with van der Waals surface area (Å²) in [6.45, 7) is 3.66. The molecule has 0 N–H and O–H groups in total. The fourth-order valence-corrected chi connectivity index (χ4v) is 3.03. The Morgan fingerprint density at radius 2 is 2.13 bits per heavy atom. The van der Waals surface area contributed by atoms with Crippen LogP contribution in [0.3, 0.4) is 0 Å². The number of hydrogen-bond acceptors (Lipinski definition) is 3. The standard InChI is InChI=1S/C17H23ClN2O3/c1-3-23-17(22)20-10-6-8-14(12-20)16(21)19(2)11-13-7-4-5-9-15(13)18/h4-5,7,9,14H,3,6,8,10-12H2,1-2H3. The van der Waals surface area contributed by atoms with Crippen molar-refractivity contribution in [2.24, 2.45) is 5.92 Å². The van der Waals surface area contributed by atoms with Gasteiger partial charge in [0.15, 0.2) is 0 Å². The maximum absolute atomic E-state index is 12.6. The Kier molecular flexibility index (Phi) is 6.28. The molecule has 1 aromatic carbocycles. The Hall–Kier alpha value is -1.75. The van der Waals surface area contributed by atoms with E-state index in [1.807, 2.05) is 24.3 Å². The second-order valence-corrected chi connectivity index (χ2v) is 6.18. The molecule has 1 aliphatic heterocycles. The highest BCUT2D eigenvalue weighted by molar-refractivity contribution is 6.31. The average Bonchev–Trinajstić information content (AvgIpc) is 2.56. The summed E-state index contributed by atoms with van der Waals surface area (Å²) < 4.78 is 5.03. The van der Waals surface area contributed by atoms with Crippen LogP contribution in [0.2, 0.25) is 5.02 Å². The zero-order valence-electron chi connectivity index (χ0n) is 13.6. The SMILES string of the molecule is CCOC(=O)N1CCCC(C(=O)N(C)Cc2ccccc2Cl)C1. The lowest BCUT2D eigenvalue weighted by atomic mass is 9.96. The summed E-state index contributed by atoms with van der Waals surface area (Å²) in [5.41, 5.74) is 0.920. The van der Waals surface area contributed by atoms with Gasteiger partial charge in [0.2, 0.25) is 5.91 Å². The number of carbonyl (C=O) groups is 2. The molecular weight excluding hydrogens is 316 g/mol. The average molecular weight is 339 g/mol. The third-order valence-corrected chi connectivity index (χ3v) is 4.41. The van der Waals surface area contributed by atoms with Crippen LogP contribution in [0.1, 0.15) is 25.3 Å². The number of hydrogen-bond donors (Lipinski definition) is 0. The highest BCUT2D eigenvalue weighted by Crippen LogP contribution is 2.22. The molecule has 2 rings (SSSR count). The summed E-state index contributed by atoms with van der Waals surface area (Å²) in [5, 5.41) is 0.656. The van der Waals surface area contributed by atoms with Gasteiger partial charge in [-0.2, -0.15) is 0 Å². The van der Waals surface area contributed by atoms with E-state index in [1.54, 1.807) is 23.8 Å². The number of carbonyl (C=O) groups excluding carboxylic acids is 2. The van der Waals surface area contributed by atoms with Crippen molar-refractivity contribution in [3.8, 4) is 0 Å². The van der Waals surface area contributed by atoms with E-state index in [0.717, 1.165) is 18.4 Å². The maximum Gasteiger partial charge on any atom is 0.409 e. The third-order valence-electron chi connectivity index (χ3n) is 4.04. The molecule has 1 aliphatic rings. The van der Waals surface area contributed by atoms with Gasteiger partial charge < -0.3 is 14.5 Å². The van der Waals surface area contributed by atoms with E-state index < -0.39 is 0 Å².